The maximum Gasteiger partial charge on any atom is 0.315 e. The fourth-order valence-corrected chi connectivity index (χ4v) is 37.0. The van der Waals surface area contributed by atoms with Gasteiger partial charge in [0.2, 0.25) is 0 Å². The van der Waals surface area contributed by atoms with Gasteiger partial charge in [0.25, 0.3) is 0 Å². The van der Waals surface area contributed by atoms with Crippen LogP contribution in [0.2, 0.25) is 110 Å². The Morgan fingerprint density at radius 3 is 1.32 bits per heavy atom. The molecular formula is C19H52O5Si7. The van der Waals surface area contributed by atoms with Gasteiger partial charge in [0.1, 0.15) is 0 Å². The molecule has 0 aromatic heterocycles. The summed E-state index contributed by atoms with van der Waals surface area (Å²) in [6, 6.07) is 1.95. The average Bonchev–Trinajstić information content (AvgIpc) is 2.37. The van der Waals surface area contributed by atoms with Crippen LogP contribution in [0, 0.1) is 0 Å². The fraction of sp³-hybridized carbons (Fsp3) is 0.895. The summed E-state index contributed by atoms with van der Waals surface area (Å²) in [5.41, 5.74) is 1.99. The van der Waals surface area contributed by atoms with Crippen molar-refractivity contribution in [3.8, 4) is 0 Å². The summed E-state index contributed by atoms with van der Waals surface area (Å²) < 4.78 is 33.3. The van der Waals surface area contributed by atoms with Crippen LogP contribution in [0.1, 0.15) is 0 Å². The zero-order valence-corrected chi connectivity index (χ0v) is 30.2. The van der Waals surface area contributed by atoms with Gasteiger partial charge in [0, 0.05) is 0 Å². The Morgan fingerprint density at radius 1 is 0.516 bits per heavy atom. The highest BCUT2D eigenvalue weighted by Gasteiger charge is 2.46. The van der Waals surface area contributed by atoms with Crippen LogP contribution in [0.5, 0.6) is 0 Å². The minimum absolute atomic E-state index is 0.939. The Bertz CT molecular complexity index is 597. The van der Waals surface area contributed by atoms with Crippen molar-refractivity contribution >= 4 is 59.0 Å². The van der Waals surface area contributed by atoms with Crippen LogP contribution < -0.4 is 0 Å². The standard InChI is InChI=1S/C19H52O5Si7/c1-17-27(8,9)22-30(14,15)23-28(10,11)18-19-31(16,21-26(5,6)7)24-29(12,13)20-25(2,3)4/h17H,1,18-19H2,2-16H3. The molecule has 0 saturated heterocycles. The molecule has 0 heterocycles. The summed E-state index contributed by atoms with van der Waals surface area (Å²) >= 11 is 0. The maximum absolute atomic E-state index is 6.84. The quantitative estimate of drug-likeness (QED) is 0.209. The van der Waals surface area contributed by atoms with Crippen molar-refractivity contribution < 1.29 is 20.6 Å². The largest absolute Gasteiger partial charge is 0.437 e. The molecule has 5 nitrogen and oxygen atoms in total. The van der Waals surface area contributed by atoms with Crippen LogP contribution in [-0.4, -0.2) is 59.0 Å². The van der Waals surface area contributed by atoms with Crippen molar-refractivity contribution in [2.24, 2.45) is 0 Å². The predicted molar refractivity (Wildman–Crippen MR) is 153 cm³/mol. The van der Waals surface area contributed by atoms with E-state index < -0.39 is 59.0 Å². The molecule has 0 spiro atoms. The molecule has 1 unspecified atom stereocenters. The molecule has 0 aromatic carbocycles. The Kier molecular flexibility index (Phi) is 11.1. The lowest BCUT2D eigenvalue weighted by atomic mass is 10.9. The monoisotopic (exact) mass is 556 g/mol. The SMILES string of the molecule is C=C[Si](C)(C)O[Si](C)(C)O[Si](C)(C)CC[Si](C)(O[Si](C)(C)C)O[Si](C)(C)O[Si](C)(C)C. The molecule has 0 aliphatic heterocycles. The highest BCUT2D eigenvalue weighted by Crippen LogP contribution is 2.32. The molecule has 0 amide bonds. The van der Waals surface area contributed by atoms with Crippen molar-refractivity contribution in [1.29, 1.82) is 0 Å². The van der Waals surface area contributed by atoms with E-state index in [1.165, 1.54) is 0 Å². The topological polar surface area (TPSA) is 46.2 Å². The first-order chi connectivity index (χ1) is 13.3. The molecule has 186 valence electrons. The number of hydrogen-bond donors (Lipinski definition) is 0. The lowest BCUT2D eigenvalue weighted by Gasteiger charge is -2.43. The van der Waals surface area contributed by atoms with E-state index in [0.29, 0.717) is 0 Å². The second kappa shape index (κ2) is 10.8. The molecule has 1 atom stereocenters. The van der Waals surface area contributed by atoms with Crippen LogP contribution in [-0.2, 0) is 20.6 Å². The normalized spacial score (nSPS) is 16.9. The minimum atomic E-state index is -2.42. The van der Waals surface area contributed by atoms with E-state index in [4.69, 9.17) is 20.6 Å². The Hall–Kier alpha value is 1.06. The van der Waals surface area contributed by atoms with E-state index >= 15 is 0 Å². The predicted octanol–water partition coefficient (Wildman–Crippen LogP) is 7.35. The lowest BCUT2D eigenvalue weighted by molar-refractivity contribution is 0.323. The summed E-state index contributed by atoms with van der Waals surface area (Å²) in [6.07, 6.45) is 0. The molecule has 0 fully saturated rings. The van der Waals surface area contributed by atoms with Crippen LogP contribution >= 0.6 is 0 Å². The average molecular weight is 557 g/mol. The molecule has 0 aliphatic rings. The molecule has 0 N–H and O–H groups in total. The summed E-state index contributed by atoms with van der Waals surface area (Å²) in [4.78, 5) is 0. The van der Waals surface area contributed by atoms with Crippen molar-refractivity contribution in [1.82, 2.24) is 0 Å². The number of rotatable bonds is 14. The minimum Gasteiger partial charge on any atom is -0.437 e. The summed E-state index contributed by atoms with van der Waals surface area (Å²) in [5, 5.41) is 0. The molecule has 0 saturated carbocycles. The first-order valence-electron chi connectivity index (χ1n) is 11.4. The second-order valence-electron chi connectivity index (χ2n) is 12.7. The first kappa shape index (κ1) is 32.1. The van der Waals surface area contributed by atoms with Gasteiger partial charge in [-0.05, 0) is 110 Å². The zero-order chi connectivity index (χ0) is 25.2. The van der Waals surface area contributed by atoms with Crippen LogP contribution in [0.15, 0.2) is 12.3 Å². The molecular weight excluding hydrogens is 505 g/mol. The van der Waals surface area contributed by atoms with E-state index in [9.17, 15) is 0 Å². The smallest absolute Gasteiger partial charge is 0.315 e. The van der Waals surface area contributed by atoms with Gasteiger partial charge in [0.05, 0.1) is 0 Å². The van der Waals surface area contributed by atoms with Gasteiger partial charge < -0.3 is 20.6 Å². The Labute approximate surface area is 201 Å². The van der Waals surface area contributed by atoms with Crippen molar-refractivity contribution in [2.75, 3.05) is 0 Å². The van der Waals surface area contributed by atoms with E-state index in [1.54, 1.807) is 0 Å². The van der Waals surface area contributed by atoms with Crippen molar-refractivity contribution in [3.63, 3.8) is 0 Å². The Morgan fingerprint density at radius 2 is 0.935 bits per heavy atom. The highest BCUT2D eigenvalue weighted by molar-refractivity contribution is 6.91. The van der Waals surface area contributed by atoms with Crippen molar-refractivity contribution in [3.05, 3.63) is 12.3 Å². The zero-order valence-electron chi connectivity index (χ0n) is 23.2. The summed E-state index contributed by atoms with van der Waals surface area (Å²) in [5.74, 6) is 0. The van der Waals surface area contributed by atoms with Crippen LogP contribution in [0.3, 0.4) is 0 Å². The lowest BCUT2D eigenvalue weighted by Crippen LogP contribution is -2.58. The van der Waals surface area contributed by atoms with E-state index in [-0.39, 0.29) is 0 Å². The second-order valence-corrected chi connectivity index (χ2v) is 41.3. The molecule has 0 aromatic rings. The first-order valence-corrected chi connectivity index (χ1v) is 32.5. The number of hydrogen-bond acceptors (Lipinski definition) is 5. The third-order valence-electron chi connectivity index (χ3n) is 4.24. The molecule has 0 aliphatic carbocycles. The molecule has 0 bridgehead atoms. The van der Waals surface area contributed by atoms with E-state index in [0.717, 1.165) is 12.1 Å². The van der Waals surface area contributed by atoms with Gasteiger partial charge in [0.15, 0.2) is 33.3 Å². The summed E-state index contributed by atoms with van der Waals surface area (Å²) in [6.45, 7) is 37.3. The molecule has 31 heavy (non-hydrogen) atoms. The van der Waals surface area contributed by atoms with Gasteiger partial charge in [-0.15, -0.1) is 6.58 Å². The van der Waals surface area contributed by atoms with Gasteiger partial charge in [-0.3, -0.25) is 0 Å². The van der Waals surface area contributed by atoms with E-state index in [2.05, 4.69) is 105 Å². The fourth-order valence-electron chi connectivity index (χ4n) is 3.99. The van der Waals surface area contributed by atoms with E-state index in [1.807, 2.05) is 5.70 Å². The third kappa shape index (κ3) is 15.6. The third-order valence-corrected chi connectivity index (χ3v) is 28.9. The summed E-state index contributed by atoms with van der Waals surface area (Å²) in [7, 11) is -14.2. The molecule has 0 rings (SSSR count). The molecule has 12 heteroatoms. The van der Waals surface area contributed by atoms with Gasteiger partial charge in [-0.1, -0.05) is 5.70 Å². The molecule has 0 radical (unpaired) electrons. The van der Waals surface area contributed by atoms with Gasteiger partial charge in [-0.25, -0.2) is 0 Å². The van der Waals surface area contributed by atoms with Crippen LogP contribution in [0.4, 0.5) is 0 Å². The highest BCUT2D eigenvalue weighted by atomic mass is 28.5. The van der Waals surface area contributed by atoms with Crippen LogP contribution in [0.25, 0.3) is 0 Å². The van der Waals surface area contributed by atoms with Gasteiger partial charge >= 0.3 is 25.7 Å². The Balaban J connectivity index is 5.47. The maximum atomic E-state index is 6.84. The van der Waals surface area contributed by atoms with Crippen molar-refractivity contribution in [2.45, 2.75) is 110 Å². The van der Waals surface area contributed by atoms with Gasteiger partial charge in [-0.2, -0.15) is 0 Å².